The van der Waals surface area contributed by atoms with Gasteiger partial charge in [-0.3, -0.25) is 0 Å². The van der Waals surface area contributed by atoms with E-state index in [4.69, 9.17) is 0 Å². The summed E-state index contributed by atoms with van der Waals surface area (Å²) in [4.78, 5) is 0. The first-order chi connectivity index (χ1) is 7.86. The third-order valence-electron chi connectivity index (χ3n) is 2.81. The van der Waals surface area contributed by atoms with Gasteiger partial charge >= 0.3 is 0 Å². The summed E-state index contributed by atoms with van der Waals surface area (Å²) in [6.07, 6.45) is 11.9. The van der Waals surface area contributed by atoms with Crippen LogP contribution in [0.3, 0.4) is 0 Å². The molecule has 0 nitrogen and oxygen atoms in total. The van der Waals surface area contributed by atoms with Crippen LogP contribution in [0.15, 0.2) is 34.9 Å². The van der Waals surface area contributed by atoms with Crippen LogP contribution in [0, 0.1) is 23.7 Å². The third kappa shape index (κ3) is 2.91. The van der Waals surface area contributed by atoms with Gasteiger partial charge in [-0.2, -0.15) is 0 Å². The number of hydrogen-bond acceptors (Lipinski definition) is 0. The van der Waals surface area contributed by atoms with E-state index in [0.717, 1.165) is 31.3 Å². The van der Waals surface area contributed by atoms with Crippen molar-refractivity contribution in [2.75, 3.05) is 0 Å². The number of hydrogen-bond donors (Lipinski definition) is 0. The quantitative estimate of drug-likeness (QED) is 0.532. The fourth-order valence-corrected chi connectivity index (χ4v) is 1.87. The van der Waals surface area contributed by atoms with E-state index >= 15 is 0 Å². The minimum atomic E-state index is 0.932. The van der Waals surface area contributed by atoms with Crippen LogP contribution in [-0.2, 0) is 0 Å². The van der Waals surface area contributed by atoms with E-state index in [1.807, 2.05) is 0 Å². The van der Waals surface area contributed by atoms with Crippen molar-refractivity contribution in [3.05, 3.63) is 34.9 Å². The first kappa shape index (κ1) is 10.8. The van der Waals surface area contributed by atoms with E-state index in [1.165, 1.54) is 17.6 Å². The van der Waals surface area contributed by atoms with Gasteiger partial charge in [0.2, 0.25) is 0 Å². The highest BCUT2D eigenvalue weighted by molar-refractivity contribution is 5.51. The van der Waals surface area contributed by atoms with Gasteiger partial charge in [0, 0.05) is 12.0 Å². The van der Waals surface area contributed by atoms with Gasteiger partial charge in [-0.05, 0) is 49.8 Å². The molecule has 0 bridgehead atoms. The zero-order valence-electron chi connectivity index (χ0n) is 9.77. The highest BCUT2D eigenvalue weighted by Crippen LogP contribution is 2.23. The van der Waals surface area contributed by atoms with E-state index in [9.17, 15) is 0 Å². The molecule has 0 heteroatoms. The molecule has 2 rings (SSSR count). The molecule has 0 aromatic heterocycles. The zero-order chi connectivity index (χ0) is 11.2. The fraction of sp³-hybridized carbons (Fsp3) is 0.375. The molecule has 0 saturated heterocycles. The highest BCUT2D eigenvalue weighted by atomic mass is 14.1. The molecule has 0 fully saturated rings. The first-order valence-corrected chi connectivity index (χ1v) is 5.93. The summed E-state index contributed by atoms with van der Waals surface area (Å²) in [6, 6.07) is 0. The molecule has 0 N–H and O–H groups in total. The van der Waals surface area contributed by atoms with Crippen molar-refractivity contribution in [1.29, 1.82) is 0 Å². The Morgan fingerprint density at radius 1 is 1.12 bits per heavy atom. The second-order valence-electron chi connectivity index (χ2n) is 4.18. The summed E-state index contributed by atoms with van der Waals surface area (Å²) in [5, 5.41) is 0. The molecule has 16 heavy (non-hydrogen) atoms. The summed E-state index contributed by atoms with van der Waals surface area (Å²) in [5.41, 5.74) is 3.67. The van der Waals surface area contributed by atoms with Crippen molar-refractivity contribution < 1.29 is 0 Å². The van der Waals surface area contributed by atoms with Crippen LogP contribution in [0.4, 0.5) is 0 Å². The zero-order valence-corrected chi connectivity index (χ0v) is 9.77. The summed E-state index contributed by atoms with van der Waals surface area (Å²) in [7, 11) is 0. The van der Waals surface area contributed by atoms with E-state index < -0.39 is 0 Å². The number of rotatable bonds is 0. The molecule has 2 aliphatic carbocycles. The molecule has 0 radical (unpaired) electrons. The van der Waals surface area contributed by atoms with Gasteiger partial charge in [0.1, 0.15) is 0 Å². The average Bonchev–Trinajstić information content (AvgIpc) is 2.35. The van der Waals surface area contributed by atoms with Crippen LogP contribution >= 0.6 is 0 Å². The van der Waals surface area contributed by atoms with Crippen LogP contribution in [0.2, 0.25) is 0 Å². The third-order valence-corrected chi connectivity index (χ3v) is 2.81. The SMILES string of the molecule is C/C1=C/CCC#C/C=C2/CCCC=C2C#C1. The Morgan fingerprint density at radius 3 is 3.00 bits per heavy atom. The van der Waals surface area contributed by atoms with Crippen LogP contribution < -0.4 is 0 Å². The Morgan fingerprint density at radius 2 is 2.06 bits per heavy atom. The van der Waals surface area contributed by atoms with Gasteiger partial charge in [0.25, 0.3) is 0 Å². The maximum absolute atomic E-state index is 3.28. The predicted molar refractivity (Wildman–Crippen MR) is 68.6 cm³/mol. The average molecular weight is 208 g/mol. The monoisotopic (exact) mass is 208 g/mol. The summed E-state index contributed by atoms with van der Waals surface area (Å²) in [5.74, 6) is 12.8. The van der Waals surface area contributed by atoms with Gasteiger partial charge in [0.05, 0.1) is 0 Å². The van der Waals surface area contributed by atoms with Gasteiger partial charge < -0.3 is 0 Å². The lowest BCUT2D eigenvalue weighted by molar-refractivity contribution is 0.811. The Labute approximate surface area is 98.1 Å². The molecular weight excluding hydrogens is 192 g/mol. The van der Waals surface area contributed by atoms with Crippen molar-refractivity contribution in [3.8, 4) is 23.7 Å². The maximum atomic E-state index is 3.28. The highest BCUT2D eigenvalue weighted by Gasteiger charge is 2.07. The van der Waals surface area contributed by atoms with E-state index in [0.29, 0.717) is 0 Å². The lowest BCUT2D eigenvalue weighted by Crippen LogP contribution is -1.94. The minimum Gasteiger partial charge on any atom is -0.0982 e. The summed E-state index contributed by atoms with van der Waals surface area (Å²) in [6.45, 7) is 2.07. The molecule has 0 spiro atoms. The van der Waals surface area contributed by atoms with Crippen molar-refractivity contribution in [2.24, 2.45) is 0 Å². The van der Waals surface area contributed by atoms with E-state index in [-0.39, 0.29) is 0 Å². The molecule has 0 unspecified atom stereocenters. The summed E-state index contributed by atoms with van der Waals surface area (Å²) >= 11 is 0. The maximum Gasteiger partial charge on any atom is 0.0247 e. The van der Waals surface area contributed by atoms with Crippen molar-refractivity contribution in [2.45, 2.75) is 39.0 Å². The molecule has 0 aliphatic heterocycles. The smallest absolute Gasteiger partial charge is 0.0247 e. The van der Waals surface area contributed by atoms with Crippen LogP contribution in [0.1, 0.15) is 39.0 Å². The molecule has 2 aliphatic rings. The van der Waals surface area contributed by atoms with Crippen molar-refractivity contribution in [1.82, 2.24) is 0 Å². The van der Waals surface area contributed by atoms with Gasteiger partial charge in [-0.1, -0.05) is 35.8 Å². The molecule has 0 atom stereocenters. The van der Waals surface area contributed by atoms with Crippen LogP contribution in [-0.4, -0.2) is 0 Å². The Hall–Kier alpha value is -1.66. The van der Waals surface area contributed by atoms with Crippen molar-refractivity contribution >= 4 is 0 Å². The largest absolute Gasteiger partial charge is 0.0982 e. The normalized spacial score (nSPS) is 25.9. The van der Waals surface area contributed by atoms with E-state index in [1.54, 1.807) is 0 Å². The molecule has 0 heterocycles. The molecule has 80 valence electrons. The van der Waals surface area contributed by atoms with Gasteiger partial charge in [-0.15, -0.1) is 0 Å². The minimum absolute atomic E-state index is 0.932. The lowest BCUT2D eigenvalue weighted by Gasteiger charge is -2.10. The Bertz CT molecular complexity index is 476. The summed E-state index contributed by atoms with van der Waals surface area (Å²) < 4.78 is 0. The second-order valence-corrected chi connectivity index (χ2v) is 4.18. The number of fused-ring (bicyclic) bond motifs is 1. The Kier molecular flexibility index (Phi) is 3.68. The van der Waals surface area contributed by atoms with Gasteiger partial charge in [-0.25, -0.2) is 0 Å². The van der Waals surface area contributed by atoms with Crippen molar-refractivity contribution in [3.63, 3.8) is 0 Å². The first-order valence-electron chi connectivity index (χ1n) is 5.93. The fourth-order valence-electron chi connectivity index (χ4n) is 1.87. The Balaban J connectivity index is 2.37. The molecule has 0 amide bonds. The molecule has 0 aromatic carbocycles. The van der Waals surface area contributed by atoms with Crippen LogP contribution in [0.25, 0.3) is 0 Å². The lowest BCUT2D eigenvalue weighted by atomic mass is 9.93. The molecular formula is C16H16. The van der Waals surface area contributed by atoms with E-state index in [2.05, 4.69) is 48.8 Å². The topological polar surface area (TPSA) is 0 Å². The standard InChI is InChI=1S/C16H16/c1-14-8-4-2-3-5-9-15-10-6-7-11-16(15)13-12-14/h8-9,11H,2,4,6-7,10H2,1H3/b14-8-,15-9-. The predicted octanol–water partition coefficient (Wildman–Crippen LogP) is 3.77. The molecule has 0 saturated carbocycles. The van der Waals surface area contributed by atoms with Gasteiger partial charge in [0.15, 0.2) is 0 Å². The van der Waals surface area contributed by atoms with Crippen LogP contribution in [0.5, 0.6) is 0 Å². The number of allylic oxidation sites excluding steroid dienone is 6. The second kappa shape index (κ2) is 5.43. The molecule has 0 aromatic rings.